The Morgan fingerprint density at radius 3 is 2.67 bits per heavy atom. The maximum atomic E-state index is 9.23. The molecule has 1 nitrogen and oxygen atoms in total. The molecule has 5 heteroatoms. The second-order valence-corrected chi connectivity index (χ2v) is 5.99. The molecule has 0 N–H and O–H groups in total. The average Bonchev–Trinajstić information content (AvgIpc) is 2.87. The van der Waals surface area contributed by atoms with E-state index in [0.717, 1.165) is 14.9 Å². The van der Waals surface area contributed by atoms with Crippen LogP contribution < -0.4 is 0 Å². The first kappa shape index (κ1) is 13.6. The van der Waals surface area contributed by atoms with Gasteiger partial charge in [-0.2, -0.15) is 5.26 Å². The number of hydrogen-bond donors (Lipinski definition) is 0. The minimum absolute atomic E-state index is 0.428. The lowest BCUT2D eigenvalue weighted by Gasteiger charge is -2.04. The number of nitriles is 1. The summed E-state index contributed by atoms with van der Waals surface area (Å²) in [5, 5.41) is 12.2. The largest absolute Gasteiger partial charge is 0.192 e. The third-order valence-electron chi connectivity index (χ3n) is 2.27. The van der Waals surface area contributed by atoms with Crippen molar-refractivity contribution < 1.29 is 0 Å². The molecule has 1 aromatic carbocycles. The highest BCUT2D eigenvalue weighted by molar-refractivity contribution is 9.10. The molecule has 90 valence electrons. The minimum Gasteiger partial charge on any atom is -0.192 e. The van der Waals surface area contributed by atoms with E-state index in [1.54, 1.807) is 18.2 Å². The quantitative estimate of drug-likeness (QED) is 0.623. The van der Waals surface area contributed by atoms with Crippen molar-refractivity contribution in [1.29, 1.82) is 5.26 Å². The van der Waals surface area contributed by atoms with Crippen LogP contribution in [0.25, 0.3) is 10.6 Å². The van der Waals surface area contributed by atoms with Crippen molar-refractivity contribution in [3.05, 3.63) is 55.6 Å². The zero-order chi connectivity index (χ0) is 13.1. The highest BCUT2D eigenvalue weighted by Crippen LogP contribution is 2.34. The Bertz CT molecular complexity index is 642. The average molecular weight is 359 g/mol. The second kappa shape index (κ2) is 5.90. The lowest BCUT2D eigenvalue weighted by Crippen LogP contribution is -1.84. The molecule has 2 rings (SSSR count). The minimum atomic E-state index is 0.428. The van der Waals surface area contributed by atoms with E-state index in [2.05, 4.69) is 22.0 Å². The fraction of sp³-hybridized carbons (Fsp3) is 0. The zero-order valence-corrected chi connectivity index (χ0v) is 12.9. The Kier molecular flexibility index (Phi) is 4.47. The van der Waals surface area contributed by atoms with Crippen LogP contribution in [-0.4, -0.2) is 0 Å². The summed E-state index contributed by atoms with van der Waals surface area (Å²) in [4.78, 5) is 0.855. The Morgan fingerprint density at radius 2 is 2.11 bits per heavy atom. The molecule has 0 spiro atoms. The predicted molar refractivity (Wildman–Crippen MR) is 81.8 cm³/mol. The topological polar surface area (TPSA) is 23.8 Å². The summed E-state index contributed by atoms with van der Waals surface area (Å²) in [7, 11) is 0. The maximum Gasteiger partial charge on any atom is 0.102 e. The van der Waals surface area contributed by atoms with Crippen molar-refractivity contribution in [2.45, 2.75) is 0 Å². The molecule has 0 unspecified atom stereocenters. The number of allylic oxidation sites excluding steroid dienone is 1. The maximum absolute atomic E-state index is 9.23. The van der Waals surface area contributed by atoms with Gasteiger partial charge in [0.25, 0.3) is 0 Å². The summed E-state index contributed by atoms with van der Waals surface area (Å²) in [6.45, 7) is 0. The van der Waals surface area contributed by atoms with Crippen molar-refractivity contribution in [2.24, 2.45) is 0 Å². The first-order valence-electron chi connectivity index (χ1n) is 4.92. The van der Waals surface area contributed by atoms with Gasteiger partial charge in [-0.3, -0.25) is 0 Å². The third kappa shape index (κ3) is 2.78. The van der Waals surface area contributed by atoms with Gasteiger partial charge >= 0.3 is 0 Å². The highest BCUT2D eigenvalue weighted by Gasteiger charge is 2.11. The lowest BCUT2D eigenvalue weighted by molar-refractivity contribution is 1.53. The van der Waals surface area contributed by atoms with Crippen molar-refractivity contribution in [2.75, 3.05) is 0 Å². The number of nitrogens with zero attached hydrogens (tertiary/aromatic N) is 1. The van der Waals surface area contributed by atoms with Gasteiger partial charge in [0.1, 0.15) is 6.07 Å². The van der Waals surface area contributed by atoms with Crippen LogP contribution >= 0.6 is 50.5 Å². The van der Waals surface area contributed by atoms with Crippen molar-refractivity contribution in [3.8, 4) is 6.07 Å². The van der Waals surface area contributed by atoms with E-state index in [0.29, 0.717) is 15.6 Å². The van der Waals surface area contributed by atoms with Crippen LogP contribution in [-0.2, 0) is 0 Å². The molecule has 0 aliphatic rings. The van der Waals surface area contributed by atoms with Crippen LogP contribution in [0.4, 0.5) is 0 Å². The van der Waals surface area contributed by atoms with Crippen molar-refractivity contribution >= 4 is 61.1 Å². The van der Waals surface area contributed by atoms with Gasteiger partial charge in [0.15, 0.2) is 0 Å². The van der Waals surface area contributed by atoms with E-state index < -0.39 is 0 Å². The molecule has 0 saturated carbocycles. The molecule has 0 aliphatic heterocycles. The Labute approximate surface area is 127 Å². The van der Waals surface area contributed by atoms with E-state index in [-0.39, 0.29) is 0 Å². The van der Waals surface area contributed by atoms with Crippen molar-refractivity contribution in [3.63, 3.8) is 0 Å². The Hall–Kier alpha value is -0.790. The summed E-state index contributed by atoms with van der Waals surface area (Å²) in [5.74, 6) is 0. The number of thiophene rings is 1. The molecule has 0 fully saturated rings. The SMILES string of the molecule is N#C/C(=C(/Cl)c1ccc(Cl)c(Br)c1)c1cccs1. The van der Waals surface area contributed by atoms with E-state index >= 15 is 0 Å². The van der Waals surface area contributed by atoms with Gasteiger partial charge in [-0.1, -0.05) is 35.3 Å². The van der Waals surface area contributed by atoms with Crippen LogP contribution in [0.2, 0.25) is 5.02 Å². The van der Waals surface area contributed by atoms with Crippen LogP contribution in [0.3, 0.4) is 0 Å². The molecule has 0 bridgehead atoms. The standard InChI is InChI=1S/C13H6BrCl2NS/c14-10-6-8(3-4-11(10)15)13(16)9(7-17)12-2-1-5-18-12/h1-6H/b13-9-. The summed E-state index contributed by atoms with van der Waals surface area (Å²) in [5.41, 5.74) is 1.23. The van der Waals surface area contributed by atoms with Crippen molar-refractivity contribution in [1.82, 2.24) is 0 Å². The third-order valence-corrected chi connectivity index (χ3v) is 4.78. The molecule has 0 aliphatic carbocycles. The van der Waals surface area contributed by atoms with Crippen LogP contribution in [0.1, 0.15) is 10.4 Å². The molecule has 18 heavy (non-hydrogen) atoms. The molecule has 1 heterocycles. The number of hydrogen-bond acceptors (Lipinski definition) is 2. The van der Waals surface area contributed by atoms with E-state index in [1.165, 1.54) is 11.3 Å². The molecule has 1 aromatic heterocycles. The van der Waals surface area contributed by atoms with Crippen LogP contribution in [0.15, 0.2) is 40.2 Å². The van der Waals surface area contributed by atoms with E-state index in [9.17, 15) is 5.26 Å². The molecular weight excluding hydrogens is 353 g/mol. The number of halogens is 3. The molecule has 0 saturated heterocycles. The van der Waals surface area contributed by atoms with Gasteiger partial charge in [-0.25, -0.2) is 0 Å². The van der Waals surface area contributed by atoms with E-state index in [1.807, 2.05) is 17.5 Å². The van der Waals surface area contributed by atoms with Gasteiger partial charge < -0.3 is 0 Å². The molecule has 0 radical (unpaired) electrons. The number of rotatable bonds is 2. The number of benzene rings is 1. The van der Waals surface area contributed by atoms with Gasteiger partial charge in [0.05, 0.1) is 15.6 Å². The zero-order valence-electron chi connectivity index (χ0n) is 8.95. The van der Waals surface area contributed by atoms with Gasteiger partial charge in [-0.05, 0) is 45.1 Å². The van der Waals surface area contributed by atoms with Gasteiger partial charge in [-0.15, -0.1) is 11.3 Å². The van der Waals surface area contributed by atoms with Crippen LogP contribution in [0, 0.1) is 11.3 Å². The Balaban J connectivity index is 2.54. The van der Waals surface area contributed by atoms with Gasteiger partial charge in [0.2, 0.25) is 0 Å². The van der Waals surface area contributed by atoms with Gasteiger partial charge in [0, 0.05) is 9.35 Å². The first-order chi connectivity index (χ1) is 8.63. The lowest BCUT2D eigenvalue weighted by atomic mass is 10.1. The normalized spacial score (nSPS) is 11.9. The first-order valence-corrected chi connectivity index (χ1v) is 7.35. The molecule has 0 amide bonds. The van der Waals surface area contributed by atoms with Crippen LogP contribution in [0.5, 0.6) is 0 Å². The monoisotopic (exact) mass is 357 g/mol. The predicted octanol–water partition coefficient (Wildman–Crippen LogP) is 5.79. The fourth-order valence-corrected chi connectivity index (χ4v) is 2.95. The Morgan fingerprint density at radius 1 is 1.33 bits per heavy atom. The molecule has 2 aromatic rings. The molecule has 0 atom stereocenters. The summed E-state index contributed by atoms with van der Waals surface area (Å²) in [6.07, 6.45) is 0. The second-order valence-electron chi connectivity index (χ2n) is 3.41. The fourth-order valence-electron chi connectivity index (χ4n) is 1.41. The summed E-state index contributed by atoms with van der Waals surface area (Å²) < 4.78 is 0.753. The summed E-state index contributed by atoms with van der Waals surface area (Å²) in [6, 6.07) is 11.2. The highest BCUT2D eigenvalue weighted by atomic mass is 79.9. The van der Waals surface area contributed by atoms with E-state index in [4.69, 9.17) is 23.2 Å². The summed E-state index contributed by atoms with van der Waals surface area (Å²) >= 11 is 17.0. The smallest absolute Gasteiger partial charge is 0.102 e. The molecular formula is C13H6BrCl2NS.